The molecular formula is C12H22Si. The Hall–Kier alpha value is -0.303. The van der Waals surface area contributed by atoms with Crippen molar-refractivity contribution in [3.63, 3.8) is 0 Å². The van der Waals surface area contributed by atoms with Gasteiger partial charge in [-0.2, -0.15) is 0 Å². The van der Waals surface area contributed by atoms with Gasteiger partial charge in [0.25, 0.3) is 0 Å². The van der Waals surface area contributed by atoms with Crippen molar-refractivity contribution in [1.29, 1.82) is 0 Å². The molecule has 0 nitrogen and oxygen atoms in total. The monoisotopic (exact) mass is 194 g/mol. The van der Waals surface area contributed by atoms with E-state index in [4.69, 9.17) is 0 Å². The quantitative estimate of drug-likeness (QED) is 0.577. The lowest BCUT2D eigenvalue weighted by atomic mass is 10.1. The highest BCUT2D eigenvalue weighted by Crippen LogP contribution is 2.34. The van der Waals surface area contributed by atoms with E-state index in [0.29, 0.717) is 5.92 Å². The van der Waals surface area contributed by atoms with E-state index in [2.05, 4.69) is 46.5 Å². The molecule has 0 fully saturated rings. The summed E-state index contributed by atoms with van der Waals surface area (Å²) in [6.07, 6.45) is 2.46. The Morgan fingerprint density at radius 1 is 1.23 bits per heavy atom. The lowest BCUT2D eigenvalue weighted by Crippen LogP contribution is -2.19. The van der Waals surface area contributed by atoms with Crippen LogP contribution in [0.4, 0.5) is 0 Å². The van der Waals surface area contributed by atoms with Crippen molar-refractivity contribution in [3.05, 3.63) is 22.8 Å². The first-order chi connectivity index (χ1) is 5.81. The highest BCUT2D eigenvalue weighted by Gasteiger charge is 2.22. The Balaban J connectivity index is 2.80. The van der Waals surface area contributed by atoms with Crippen LogP contribution in [0.2, 0.25) is 25.7 Å². The van der Waals surface area contributed by atoms with E-state index >= 15 is 0 Å². The minimum absolute atomic E-state index is 0.686. The van der Waals surface area contributed by atoms with Crippen LogP contribution in [0.1, 0.15) is 20.8 Å². The fourth-order valence-corrected chi connectivity index (χ4v) is 3.44. The fraction of sp³-hybridized carbons (Fsp3) is 0.667. The summed E-state index contributed by atoms with van der Waals surface area (Å²) in [6, 6.07) is 1.35. The Morgan fingerprint density at radius 2 is 1.77 bits per heavy atom. The molecule has 0 aliphatic heterocycles. The van der Waals surface area contributed by atoms with Crippen LogP contribution in [0.5, 0.6) is 0 Å². The van der Waals surface area contributed by atoms with Gasteiger partial charge in [0, 0.05) is 8.07 Å². The molecule has 1 aliphatic carbocycles. The minimum Gasteiger partial charge on any atom is -0.0744 e. The van der Waals surface area contributed by atoms with E-state index in [-0.39, 0.29) is 0 Å². The van der Waals surface area contributed by atoms with E-state index in [1.807, 2.05) is 0 Å². The normalized spacial score (nSPS) is 23.8. The molecule has 0 aromatic rings. The van der Waals surface area contributed by atoms with Crippen LogP contribution in [0.25, 0.3) is 0 Å². The molecule has 0 aromatic heterocycles. The molecule has 0 amide bonds. The number of allylic oxidation sites excluding steroid dienone is 4. The van der Waals surface area contributed by atoms with Gasteiger partial charge in [-0.15, -0.1) is 0 Å². The zero-order valence-corrected chi connectivity index (χ0v) is 10.9. The summed E-state index contributed by atoms with van der Waals surface area (Å²) < 4.78 is 0. The Kier molecular flexibility index (Phi) is 2.86. The first-order valence-corrected chi connectivity index (χ1v) is 8.90. The summed E-state index contributed by atoms with van der Waals surface area (Å²) in [7, 11) is -0.926. The molecule has 1 heteroatoms. The van der Waals surface area contributed by atoms with Gasteiger partial charge in [-0.05, 0) is 31.4 Å². The second-order valence-electron chi connectivity index (χ2n) is 5.53. The summed E-state index contributed by atoms with van der Waals surface area (Å²) >= 11 is 0. The van der Waals surface area contributed by atoms with Crippen molar-refractivity contribution in [1.82, 2.24) is 0 Å². The van der Waals surface area contributed by atoms with E-state index in [9.17, 15) is 0 Å². The van der Waals surface area contributed by atoms with Gasteiger partial charge in [0.15, 0.2) is 0 Å². The predicted octanol–water partition coefficient (Wildman–Crippen LogP) is 4.24. The first kappa shape index (κ1) is 10.8. The molecule has 1 rings (SSSR count). The second kappa shape index (κ2) is 3.45. The topological polar surface area (TPSA) is 0 Å². The van der Waals surface area contributed by atoms with E-state index in [0.717, 1.165) is 0 Å². The van der Waals surface area contributed by atoms with Crippen molar-refractivity contribution in [2.75, 3.05) is 0 Å². The third-order valence-electron chi connectivity index (χ3n) is 2.93. The molecular weight excluding hydrogens is 172 g/mol. The Morgan fingerprint density at radius 3 is 2.08 bits per heavy atom. The summed E-state index contributed by atoms with van der Waals surface area (Å²) in [4.78, 5) is 0. The second-order valence-corrected chi connectivity index (χ2v) is 11.0. The Bertz CT molecular complexity index is 263. The van der Waals surface area contributed by atoms with Crippen LogP contribution < -0.4 is 0 Å². The SMILES string of the molecule is CC1=C(C)C(C)C=C1C[Si](C)(C)C. The molecule has 0 spiro atoms. The Labute approximate surface area is 83.7 Å². The average molecular weight is 194 g/mol. The molecule has 74 valence electrons. The van der Waals surface area contributed by atoms with Gasteiger partial charge in [-0.25, -0.2) is 0 Å². The van der Waals surface area contributed by atoms with E-state index < -0.39 is 8.07 Å². The molecule has 0 saturated carbocycles. The third kappa shape index (κ3) is 2.57. The molecule has 0 N–H and O–H groups in total. The standard InChI is InChI=1S/C12H22Si/c1-9-7-12(8-13(4,5)6)11(3)10(9)2/h7,9H,8H2,1-6H3. The molecule has 0 aromatic carbocycles. The van der Waals surface area contributed by atoms with Gasteiger partial charge in [-0.1, -0.05) is 43.8 Å². The third-order valence-corrected chi connectivity index (χ3v) is 4.37. The van der Waals surface area contributed by atoms with E-state index in [1.165, 1.54) is 6.04 Å². The highest BCUT2D eigenvalue weighted by atomic mass is 28.3. The van der Waals surface area contributed by atoms with Crippen LogP contribution in [0.3, 0.4) is 0 Å². The summed E-state index contributed by atoms with van der Waals surface area (Å²) in [6.45, 7) is 14.2. The van der Waals surface area contributed by atoms with Crippen LogP contribution >= 0.6 is 0 Å². The molecule has 1 aliphatic rings. The van der Waals surface area contributed by atoms with Crippen LogP contribution in [0, 0.1) is 5.92 Å². The van der Waals surface area contributed by atoms with Crippen molar-refractivity contribution < 1.29 is 0 Å². The molecule has 0 radical (unpaired) electrons. The predicted molar refractivity (Wildman–Crippen MR) is 63.8 cm³/mol. The van der Waals surface area contributed by atoms with Gasteiger partial charge in [0.1, 0.15) is 0 Å². The van der Waals surface area contributed by atoms with E-state index in [1.54, 1.807) is 16.7 Å². The van der Waals surface area contributed by atoms with Gasteiger partial charge in [0.05, 0.1) is 0 Å². The van der Waals surface area contributed by atoms with Gasteiger partial charge in [-0.3, -0.25) is 0 Å². The van der Waals surface area contributed by atoms with Crippen LogP contribution in [-0.2, 0) is 0 Å². The molecule has 0 bridgehead atoms. The van der Waals surface area contributed by atoms with Crippen molar-refractivity contribution >= 4 is 8.07 Å². The lowest BCUT2D eigenvalue weighted by molar-refractivity contribution is 0.875. The average Bonchev–Trinajstić information content (AvgIpc) is 2.15. The fourth-order valence-electron chi connectivity index (χ4n) is 1.91. The van der Waals surface area contributed by atoms with Crippen LogP contribution in [0.15, 0.2) is 22.8 Å². The summed E-state index contributed by atoms with van der Waals surface area (Å²) in [5.74, 6) is 0.686. The van der Waals surface area contributed by atoms with Gasteiger partial charge < -0.3 is 0 Å². The summed E-state index contributed by atoms with van der Waals surface area (Å²) in [5, 5.41) is 0. The zero-order chi connectivity index (χ0) is 10.2. The summed E-state index contributed by atoms with van der Waals surface area (Å²) in [5.41, 5.74) is 4.77. The van der Waals surface area contributed by atoms with Gasteiger partial charge in [0.2, 0.25) is 0 Å². The largest absolute Gasteiger partial charge is 0.0744 e. The van der Waals surface area contributed by atoms with Crippen molar-refractivity contribution in [2.45, 2.75) is 46.5 Å². The van der Waals surface area contributed by atoms with Crippen molar-refractivity contribution in [2.24, 2.45) is 5.92 Å². The molecule has 0 heterocycles. The lowest BCUT2D eigenvalue weighted by Gasteiger charge is -2.17. The first-order valence-electron chi connectivity index (χ1n) is 5.20. The number of hydrogen-bond acceptors (Lipinski definition) is 0. The minimum atomic E-state index is -0.926. The maximum atomic E-state index is 2.46. The van der Waals surface area contributed by atoms with Gasteiger partial charge >= 0.3 is 0 Å². The maximum Gasteiger partial charge on any atom is 0.0487 e. The molecule has 0 saturated heterocycles. The van der Waals surface area contributed by atoms with Crippen LogP contribution in [-0.4, -0.2) is 8.07 Å². The highest BCUT2D eigenvalue weighted by molar-refractivity contribution is 6.76. The number of hydrogen-bond donors (Lipinski definition) is 0. The molecule has 13 heavy (non-hydrogen) atoms. The zero-order valence-electron chi connectivity index (χ0n) is 9.86. The number of rotatable bonds is 2. The molecule has 1 atom stereocenters. The smallest absolute Gasteiger partial charge is 0.0487 e. The maximum absolute atomic E-state index is 2.46. The van der Waals surface area contributed by atoms with Crippen molar-refractivity contribution in [3.8, 4) is 0 Å². The molecule has 1 unspecified atom stereocenters.